The first-order chi connectivity index (χ1) is 16.3. The molecule has 1 aliphatic rings. The molecule has 0 aromatic heterocycles. The van der Waals surface area contributed by atoms with Crippen LogP contribution in [0.4, 0.5) is 4.79 Å². The molecule has 11 heteroatoms. The van der Waals surface area contributed by atoms with Crippen LogP contribution in [0.15, 0.2) is 29.2 Å². The monoisotopic (exact) mass is 526 g/mol. The van der Waals surface area contributed by atoms with Gasteiger partial charge in [0, 0.05) is 30.0 Å². The topological polar surface area (TPSA) is 111 Å². The first-order valence-electron chi connectivity index (χ1n) is 11.2. The molecule has 194 valence electrons. The minimum atomic E-state index is -3.92. The average molecular weight is 527 g/mol. The number of methoxy groups -OCH3 is 1. The molecule has 1 aromatic rings. The Kier molecular flexibility index (Phi) is 9.89. The van der Waals surface area contributed by atoms with Gasteiger partial charge in [0.1, 0.15) is 24.0 Å². The number of sulfonamides is 1. The Morgan fingerprint density at radius 2 is 1.86 bits per heavy atom. The van der Waals surface area contributed by atoms with Crippen LogP contribution in [-0.2, 0) is 24.3 Å². The van der Waals surface area contributed by atoms with Crippen LogP contribution in [0.1, 0.15) is 41.0 Å². The third kappa shape index (κ3) is 8.33. The van der Waals surface area contributed by atoms with Crippen molar-refractivity contribution in [3.05, 3.63) is 24.3 Å². The molecule has 1 aliphatic heterocycles. The van der Waals surface area contributed by atoms with E-state index in [-0.39, 0.29) is 18.0 Å². The van der Waals surface area contributed by atoms with E-state index in [2.05, 4.69) is 17.2 Å². The van der Waals surface area contributed by atoms with Gasteiger partial charge in [0.05, 0.1) is 12.0 Å². The smallest absolute Gasteiger partial charge is 0.407 e. The molecule has 0 aliphatic carbocycles. The Hall–Kier alpha value is -2.42. The maximum Gasteiger partial charge on any atom is 0.407 e. The van der Waals surface area contributed by atoms with Gasteiger partial charge >= 0.3 is 12.1 Å². The Bertz CT molecular complexity index is 1050. The van der Waals surface area contributed by atoms with E-state index in [1.54, 1.807) is 44.7 Å². The van der Waals surface area contributed by atoms with Gasteiger partial charge in [-0.1, -0.05) is 11.8 Å². The number of hydrogen-bond donors (Lipinski definition) is 1. The maximum absolute atomic E-state index is 13.3. The summed E-state index contributed by atoms with van der Waals surface area (Å²) in [6.45, 7) is 9.73. The van der Waals surface area contributed by atoms with Gasteiger partial charge in [-0.2, -0.15) is 16.1 Å². The number of carbonyl (C=O) groups excluding carboxylic acids is 2. The van der Waals surface area contributed by atoms with Crippen molar-refractivity contribution >= 4 is 33.8 Å². The molecule has 1 atom stereocenters. The van der Waals surface area contributed by atoms with Gasteiger partial charge in [0.15, 0.2) is 0 Å². The minimum Gasteiger partial charge on any atom is -0.481 e. The highest BCUT2D eigenvalue weighted by Gasteiger charge is 2.48. The van der Waals surface area contributed by atoms with Gasteiger partial charge in [0.25, 0.3) is 0 Å². The van der Waals surface area contributed by atoms with E-state index < -0.39 is 38.5 Å². The Labute approximate surface area is 212 Å². The van der Waals surface area contributed by atoms with E-state index in [9.17, 15) is 18.0 Å². The number of benzene rings is 1. The second-order valence-corrected chi connectivity index (χ2v) is 12.9. The molecular weight excluding hydrogens is 492 g/mol. The van der Waals surface area contributed by atoms with E-state index in [1.165, 1.54) is 23.5 Å². The highest BCUT2D eigenvalue weighted by Crippen LogP contribution is 2.38. The SMILES string of the molecule is COC(=O)C1N(S(=O)(=O)c2ccc(OCC#CCCNC(=O)OC(C)(C)C)cc2)CCSC1(C)C. The third-order valence-corrected chi connectivity index (χ3v) is 8.17. The summed E-state index contributed by atoms with van der Waals surface area (Å²) in [5.41, 5.74) is -0.551. The average Bonchev–Trinajstić information content (AvgIpc) is 2.76. The summed E-state index contributed by atoms with van der Waals surface area (Å²) >= 11 is 1.54. The largest absolute Gasteiger partial charge is 0.481 e. The number of rotatable bonds is 7. The summed E-state index contributed by atoms with van der Waals surface area (Å²) in [7, 11) is -2.66. The van der Waals surface area contributed by atoms with Crippen molar-refractivity contribution in [3.8, 4) is 17.6 Å². The second-order valence-electron chi connectivity index (χ2n) is 9.29. The molecule has 0 saturated carbocycles. The van der Waals surface area contributed by atoms with E-state index in [0.717, 1.165) is 0 Å². The Morgan fingerprint density at radius 1 is 1.20 bits per heavy atom. The third-order valence-electron chi connectivity index (χ3n) is 4.94. The molecule has 1 unspecified atom stereocenters. The number of alkyl carbamates (subject to hydrolysis) is 1. The number of thioether (sulfide) groups is 1. The highest BCUT2D eigenvalue weighted by molar-refractivity contribution is 8.00. The number of amides is 1. The van der Waals surface area contributed by atoms with Crippen molar-refractivity contribution in [1.82, 2.24) is 9.62 Å². The number of nitrogens with zero attached hydrogens (tertiary/aromatic N) is 1. The van der Waals surface area contributed by atoms with Gasteiger partial charge in [-0.25, -0.2) is 13.2 Å². The fourth-order valence-electron chi connectivity index (χ4n) is 3.37. The van der Waals surface area contributed by atoms with Crippen LogP contribution in [0.3, 0.4) is 0 Å². The lowest BCUT2D eigenvalue weighted by Crippen LogP contribution is -2.58. The van der Waals surface area contributed by atoms with Gasteiger partial charge in [0.2, 0.25) is 10.0 Å². The lowest BCUT2D eigenvalue weighted by Gasteiger charge is -2.43. The normalized spacial score (nSPS) is 18.1. The molecule has 2 rings (SSSR count). The molecule has 1 N–H and O–H groups in total. The zero-order valence-corrected chi connectivity index (χ0v) is 22.7. The van der Waals surface area contributed by atoms with Crippen LogP contribution in [0.5, 0.6) is 5.75 Å². The zero-order chi connectivity index (χ0) is 26.3. The fraction of sp³-hybridized carbons (Fsp3) is 0.583. The molecule has 1 fully saturated rings. The summed E-state index contributed by atoms with van der Waals surface area (Å²) in [4.78, 5) is 24.0. The van der Waals surface area contributed by atoms with Gasteiger partial charge < -0.3 is 19.5 Å². The van der Waals surface area contributed by atoms with Crippen molar-refractivity contribution in [1.29, 1.82) is 0 Å². The Balaban J connectivity index is 1.93. The lowest BCUT2D eigenvalue weighted by atomic mass is 10.0. The molecule has 0 bridgehead atoms. The van der Waals surface area contributed by atoms with Crippen LogP contribution in [0.2, 0.25) is 0 Å². The van der Waals surface area contributed by atoms with Crippen LogP contribution >= 0.6 is 11.8 Å². The van der Waals surface area contributed by atoms with Crippen molar-refractivity contribution in [2.24, 2.45) is 0 Å². The molecular formula is C24H34N2O7S2. The molecule has 9 nitrogen and oxygen atoms in total. The molecule has 35 heavy (non-hydrogen) atoms. The Morgan fingerprint density at radius 3 is 2.46 bits per heavy atom. The molecule has 0 radical (unpaired) electrons. The lowest BCUT2D eigenvalue weighted by molar-refractivity contribution is -0.146. The summed E-state index contributed by atoms with van der Waals surface area (Å²) in [6, 6.07) is 5.08. The second kappa shape index (κ2) is 12.0. The summed E-state index contributed by atoms with van der Waals surface area (Å²) in [6.07, 6.45) is -0.0543. The van der Waals surface area contributed by atoms with Gasteiger partial charge in [-0.15, -0.1) is 0 Å². The fourth-order valence-corrected chi connectivity index (χ4v) is 6.46. The van der Waals surface area contributed by atoms with E-state index >= 15 is 0 Å². The van der Waals surface area contributed by atoms with Gasteiger partial charge in [-0.05, 0) is 58.9 Å². The van der Waals surface area contributed by atoms with E-state index in [1.807, 2.05) is 13.8 Å². The first-order valence-corrected chi connectivity index (χ1v) is 13.6. The van der Waals surface area contributed by atoms with Crippen molar-refractivity contribution in [2.75, 3.05) is 32.6 Å². The van der Waals surface area contributed by atoms with E-state index in [4.69, 9.17) is 14.2 Å². The zero-order valence-electron chi connectivity index (χ0n) is 21.0. The van der Waals surface area contributed by atoms with Crippen LogP contribution in [0.25, 0.3) is 0 Å². The predicted octanol–water partition coefficient (Wildman–Crippen LogP) is 3.04. The number of nitrogens with one attached hydrogen (secondary N) is 1. The molecule has 1 saturated heterocycles. The molecule has 0 spiro atoms. The highest BCUT2D eigenvalue weighted by atomic mass is 32.2. The minimum absolute atomic E-state index is 0.0701. The quantitative estimate of drug-likeness (QED) is 0.328. The first kappa shape index (κ1) is 28.8. The number of ether oxygens (including phenoxy) is 3. The standard InChI is InChI=1S/C24H34N2O7S2/c1-23(2,3)33-22(28)25-14-8-7-9-16-32-18-10-12-19(13-11-18)35(29,30)26-15-17-34-24(4,5)20(26)21(27)31-6/h10-13,20H,8,14-17H2,1-6H3,(H,25,28). The molecule has 1 amide bonds. The predicted molar refractivity (Wildman–Crippen MR) is 135 cm³/mol. The number of hydrogen-bond acceptors (Lipinski definition) is 8. The van der Waals surface area contributed by atoms with Crippen LogP contribution in [0, 0.1) is 11.8 Å². The van der Waals surface area contributed by atoms with Crippen molar-refractivity contribution in [2.45, 2.75) is 62.3 Å². The number of esters is 1. The maximum atomic E-state index is 13.3. The van der Waals surface area contributed by atoms with Crippen LogP contribution < -0.4 is 10.1 Å². The van der Waals surface area contributed by atoms with Crippen molar-refractivity contribution < 1.29 is 32.2 Å². The summed E-state index contributed by atoms with van der Waals surface area (Å²) in [5.74, 6) is 6.19. The summed E-state index contributed by atoms with van der Waals surface area (Å²) in [5, 5.41) is 2.62. The van der Waals surface area contributed by atoms with E-state index in [0.29, 0.717) is 24.5 Å². The molecule has 1 aromatic carbocycles. The van der Waals surface area contributed by atoms with Crippen molar-refractivity contribution in [3.63, 3.8) is 0 Å². The van der Waals surface area contributed by atoms with Crippen LogP contribution in [-0.4, -0.2) is 73.7 Å². The van der Waals surface area contributed by atoms with Gasteiger partial charge in [-0.3, -0.25) is 4.79 Å². The molecule has 1 heterocycles. The number of carbonyl (C=O) groups is 2. The summed E-state index contributed by atoms with van der Waals surface area (Å²) < 4.78 is 42.8.